The first-order valence-corrected chi connectivity index (χ1v) is 8.95. The average molecular weight is 398 g/mol. The van der Waals surface area contributed by atoms with E-state index in [0.29, 0.717) is 34.1 Å². The Kier molecular flexibility index (Phi) is 7.86. The highest BCUT2D eigenvalue weighted by atomic mass is 16.5. The van der Waals surface area contributed by atoms with Crippen molar-refractivity contribution < 1.29 is 28.8 Å². The summed E-state index contributed by atoms with van der Waals surface area (Å²) in [5, 5.41) is 9.42. The molecule has 154 valence electrons. The van der Waals surface area contributed by atoms with Gasteiger partial charge in [0, 0.05) is 16.7 Å². The molecule has 0 atom stereocenters. The predicted octanol–water partition coefficient (Wildman–Crippen LogP) is 3.82. The number of aliphatic hydroxyl groups is 1. The Labute approximate surface area is 171 Å². The Balaban J connectivity index is 2.26. The fourth-order valence-electron chi connectivity index (χ4n) is 2.84. The molecule has 0 spiro atoms. The van der Waals surface area contributed by atoms with Gasteiger partial charge in [-0.25, -0.2) is 0 Å². The predicted molar refractivity (Wildman–Crippen MR) is 113 cm³/mol. The van der Waals surface area contributed by atoms with Crippen molar-refractivity contribution in [3.8, 4) is 23.0 Å². The zero-order valence-electron chi connectivity index (χ0n) is 17.3. The lowest BCUT2D eigenvalue weighted by atomic mass is 10.1. The zero-order chi connectivity index (χ0) is 21.4. The van der Waals surface area contributed by atoms with Crippen LogP contribution in [0.5, 0.6) is 23.0 Å². The highest BCUT2D eigenvalue weighted by Crippen LogP contribution is 2.31. The van der Waals surface area contributed by atoms with Gasteiger partial charge in [-0.15, -0.1) is 0 Å². The summed E-state index contributed by atoms with van der Waals surface area (Å²) in [7, 11) is 6.22. The number of ether oxygens (including phenoxy) is 4. The van der Waals surface area contributed by atoms with E-state index < -0.39 is 0 Å². The molecule has 2 aromatic rings. The third kappa shape index (κ3) is 5.39. The van der Waals surface area contributed by atoms with Gasteiger partial charge in [0.05, 0.1) is 35.0 Å². The third-order valence-electron chi connectivity index (χ3n) is 4.40. The van der Waals surface area contributed by atoms with Crippen LogP contribution in [0, 0.1) is 6.92 Å². The minimum absolute atomic E-state index is 0.174. The summed E-state index contributed by atoms with van der Waals surface area (Å²) >= 11 is 0. The molecule has 0 aliphatic heterocycles. The minimum Gasteiger partial charge on any atom is -0.496 e. The summed E-state index contributed by atoms with van der Waals surface area (Å²) in [5.41, 5.74) is 2.95. The topological polar surface area (TPSA) is 74.2 Å². The Morgan fingerprint density at radius 1 is 0.793 bits per heavy atom. The van der Waals surface area contributed by atoms with Crippen molar-refractivity contribution in [2.24, 2.45) is 0 Å². The molecule has 2 rings (SSSR count). The van der Waals surface area contributed by atoms with E-state index in [0.717, 1.165) is 11.1 Å². The van der Waals surface area contributed by atoms with Crippen LogP contribution in [0.3, 0.4) is 0 Å². The first-order valence-electron chi connectivity index (χ1n) is 8.95. The second-order valence-electron chi connectivity index (χ2n) is 6.20. The maximum atomic E-state index is 12.3. The molecule has 0 unspecified atom stereocenters. The van der Waals surface area contributed by atoms with E-state index in [4.69, 9.17) is 18.9 Å². The largest absolute Gasteiger partial charge is 0.496 e. The minimum atomic E-state index is -0.209. The smallest absolute Gasteiger partial charge is 0.178 e. The van der Waals surface area contributed by atoms with Crippen LogP contribution >= 0.6 is 0 Å². The number of carbonyl (C=O) groups excluding carboxylic acids is 1. The van der Waals surface area contributed by atoms with Gasteiger partial charge in [-0.3, -0.25) is 4.79 Å². The maximum absolute atomic E-state index is 12.3. The lowest BCUT2D eigenvalue weighted by Gasteiger charge is -2.11. The molecule has 0 radical (unpaired) electrons. The third-order valence-corrected chi connectivity index (χ3v) is 4.40. The number of carbonyl (C=O) groups is 1. The van der Waals surface area contributed by atoms with Crippen LogP contribution in [-0.2, 0) is 11.4 Å². The van der Waals surface area contributed by atoms with Crippen molar-refractivity contribution >= 4 is 17.9 Å². The highest BCUT2D eigenvalue weighted by molar-refractivity contribution is 6.04. The van der Waals surface area contributed by atoms with Gasteiger partial charge in [-0.2, -0.15) is 0 Å². The molecule has 0 fully saturated rings. The normalized spacial score (nSPS) is 11.1. The van der Waals surface area contributed by atoms with Crippen molar-refractivity contribution in [2.45, 2.75) is 13.5 Å². The van der Waals surface area contributed by atoms with Crippen molar-refractivity contribution in [2.75, 3.05) is 28.4 Å². The molecular weight excluding hydrogens is 372 g/mol. The van der Waals surface area contributed by atoms with Gasteiger partial charge in [-0.1, -0.05) is 0 Å². The van der Waals surface area contributed by atoms with E-state index in [9.17, 15) is 9.90 Å². The molecule has 2 aromatic carbocycles. The van der Waals surface area contributed by atoms with Gasteiger partial charge < -0.3 is 24.1 Å². The van der Waals surface area contributed by atoms with Crippen LogP contribution in [0.2, 0.25) is 0 Å². The van der Waals surface area contributed by atoms with Gasteiger partial charge >= 0.3 is 0 Å². The van der Waals surface area contributed by atoms with Crippen molar-refractivity contribution in [1.29, 1.82) is 0 Å². The standard InChI is InChI=1S/C23H26O6/c1-15-10-21(27-3)16(11-20(15)26-2)6-8-19(25)9-7-17-12-23(29-5)18(14-24)13-22(17)28-4/h6-13,24H,14H2,1-5H3/b8-6+,9-7+. The van der Waals surface area contributed by atoms with Gasteiger partial charge in [0.1, 0.15) is 23.0 Å². The number of allylic oxidation sites excluding steroid dienone is 2. The maximum Gasteiger partial charge on any atom is 0.178 e. The summed E-state index contributed by atoms with van der Waals surface area (Å²) < 4.78 is 21.3. The van der Waals surface area contributed by atoms with E-state index >= 15 is 0 Å². The van der Waals surface area contributed by atoms with Crippen LogP contribution < -0.4 is 18.9 Å². The molecule has 0 saturated carbocycles. The number of methoxy groups -OCH3 is 4. The molecule has 0 bridgehead atoms. The molecule has 29 heavy (non-hydrogen) atoms. The number of rotatable bonds is 9. The first-order chi connectivity index (χ1) is 14.0. The fourth-order valence-corrected chi connectivity index (χ4v) is 2.84. The first kappa shape index (κ1) is 22.0. The summed E-state index contributed by atoms with van der Waals surface area (Å²) in [4.78, 5) is 12.3. The SMILES string of the molecule is COc1cc(/C=C/C(=O)/C=C/c2cc(OC)c(CO)cc2OC)c(OC)cc1C. The fraction of sp³-hybridized carbons (Fsp3) is 0.261. The molecule has 6 nitrogen and oxygen atoms in total. The van der Waals surface area contributed by atoms with Crippen LogP contribution in [0.4, 0.5) is 0 Å². The zero-order valence-corrected chi connectivity index (χ0v) is 17.3. The van der Waals surface area contributed by atoms with E-state index in [-0.39, 0.29) is 12.4 Å². The quantitative estimate of drug-likeness (QED) is 0.648. The van der Waals surface area contributed by atoms with Crippen LogP contribution in [0.15, 0.2) is 36.4 Å². The number of ketones is 1. The van der Waals surface area contributed by atoms with E-state index in [1.54, 1.807) is 38.5 Å². The number of hydrogen-bond acceptors (Lipinski definition) is 6. The Bertz CT molecular complexity index is 927. The van der Waals surface area contributed by atoms with Crippen molar-refractivity contribution in [3.05, 3.63) is 58.7 Å². The summed E-state index contributed by atoms with van der Waals surface area (Å²) in [6, 6.07) is 7.08. The number of aliphatic hydroxyl groups excluding tert-OH is 1. The second kappa shape index (κ2) is 10.3. The second-order valence-corrected chi connectivity index (χ2v) is 6.20. The van der Waals surface area contributed by atoms with Gasteiger partial charge in [0.2, 0.25) is 0 Å². The average Bonchev–Trinajstić information content (AvgIpc) is 2.75. The van der Waals surface area contributed by atoms with Crippen molar-refractivity contribution in [3.63, 3.8) is 0 Å². The van der Waals surface area contributed by atoms with Crippen LogP contribution in [0.25, 0.3) is 12.2 Å². The van der Waals surface area contributed by atoms with Crippen molar-refractivity contribution in [1.82, 2.24) is 0 Å². The number of aryl methyl sites for hydroxylation is 1. The molecule has 0 aliphatic carbocycles. The van der Waals surface area contributed by atoms with Gasteiger partial charge in [0.25, 0.3) is 0 Å². The van der Waals surface area contributed by atoms with Gasteiger partial charge in [-0.05, 0) is 61.1 Å². The highest BCUT2D eigenvalue weighted by Gasteiger charge is 2.09. The van der Waals surface area contributed by atoms with Crippen LogP contribution in [0.1, 0.15) is 22.3 Å². The number of hydrogen-bond donors (Lipinski definition) is 1. The monoisotopic (exact) mass is 398 g/mol. The Morgan fingerprint density at radius 2 is 1.28 bits per heavy atom. The lowest BCUT2D eigenvalue weighted by Crippen LogP contribution is -1.96. The number of benzene rings is 2. The Morgan fingerprint density at radius 3 is 1.76 bits per heavy atom. The lowest BCUT2D eigenvalue weighted by molar-refractivity contribution is -0.110. The summed E-state index contributed by atoms with van der Waals surface area (Å²) in [5.74, 6) is 2.22. The van der Waals surface area contributed by atoms with E-state index in [2.05, 4.69) is 0 Å². The molecule has 6 heteroatoms. The van der Waals surface area contributed by atoms with Crippen LogP contribution in [-0.4, -0.2) is 39.3 Å². The molecule has 0 aromatic heterocycles. The Hall–Kier alpha value is -3.25. The molecule has 0 saturated heterocycles. The molecule has 0 heterocycles. The molecule has 0 aliphatic rings. The van der Waals surface area contributed by atoms with E-state index in [1.807, 2.05) is 19.1 Å². The molecule has 0 amide bonds. The van der Waals surface area contributed by atoms with E-state index in [1.165, 1.54) is 26.4 Å². The molecular formula is C23H26O6. The van der Waals surface area contributed by atoms with Gasteiger partial charge in [0.15, 0.2) is 5.78 Å². The molecule has 1 N–H and O–H groups in total. The summed E-state index contributed by atoms with van der Waals surface area (Å²) in [6.07, 6.45) is 6.21. The summed E-state index contributed by atoms with van der Waals surface area (Å²) in [6.45, 7) is 1.75.